The quantitative estimate of drug-likeness (QED) is 0.313. The first kappa shape index (κ1) is 27.6. The lowest BCUT2D eigenvalue weighted by Crippen LogP contribution is -2.59. The molecule has 2 aliphatic heterocycles. The Morgan fingerprint density at radius 3 is 1.45 bits per heavy atom. The van der Waals surface area contributed by atoms with Gasteiger partial charge in [0, 0.05) is 56.8 Å². The van der Waals surface area contributed by atoms with Crippen LogP contribution in [0.1, 0.15) is 0 Å². The van der Waals surface area contributed by atoms with E-state index < -0.39 is 5.69 Å². The summed E-state index contributed by atoms with van der Waals surface area (Å²) in [4.78, 5) is 36.3. The third-order valence-corrected chi connectivity index (χ3v) is 8.73. The first-order valence-corrected chi connectivity index (χ1v) is 15.3. The van der Waals surface area contributed by atoms with Crippen LogP contribution in [0.3, 0.4) is 0 Å². The minimum absolute atomic E-state index is 0.257. The molecule has 3 heterocycles. The number of anilines is 3. The van der Waals surface area contributed by atoms with E-state index in [1.807, 2.05) is 17.1 Å². The van der Waals surface area contributed by atoms with Crippen LogP contribution in [0.5, 0.6) is 0 Å². The van der Waals surface area contributed by atoms with Crippen molar-refractivity contribution < 1.29 is 0 Å². The van der Waals surface area contributed by atoms with Gasteiger partial charge in [0.25, 0.3) is 5.56 Å². The molecule has 222 valence electrons. The Morgan fingerprint density at radius 2 is 0.932 bits per heavy atom. The van der Waals surface area contributed by atoms with Crippen molar-refractivity contribution in [3.63, 3.8) is 0 Å². The lowest BCUT2D eigenvalue weighted by Gasteiger charge is -2.39. The Morgan fingerprint density at radius 1 is 0.477 bits per heavy atom. The normalized spacial score (nSPS) is 15.5. The number of aromatic nitrogens is 2. The molecule has 0 saturated carbocycles. The van der Waals surface area contributed by atoms with Gasteiger partial charge >= 0.3 is 5.69 Å². The Labute approximate surface area is 257 Å². The highest BCUT2D eigenvalue weighted by Gasteiger charge is 2.25. The average Bonchev–Trinajstić information content (AvgIpc) is 3.10. The summed E-state index contributed by atoms with van der Waals surface area (Å²) in [5, 5.41) is 1.88. The van der Waals surface area contributed by atoms with Gasteiger partial charge in [0.1, 0.15) is 5.69 Å². The molecule has 44 heavy (non-hydrogen) atoms. The van der Waals surface area contributed by atoms with Crippen LogP contribution in [0, 0.1) is 0 Å². The summed E-state index contributed by atoms with van der Waals surface area (Å²) in [5.74, 6) is 0. The van der Waals surface area contributed by atoms with Gasteiger partial charge in [-0.3, -0.25) is 4.79 Å². The highest BCUT2D eigenvalue weighted by molar-refractivity contribution is 5.70. The van der Waals surface area contributed by atoms with E-state index in [2.05, 4.69) is 117 Å². The van der Waals surface area contributed by atoms with Crippen molar-refractivity contribution >= 4 is 17.1 Å². The van der Waals surface area contributed by atoms with E-state index in [0.717, 1.165) is 31.9 Å². The van der Waals surface area contributed by atoms with Gasteiger partial charge in [-0.05, 0) is 46.5 Å². The maximum atomic E-state index is 13.7. The van der Waals surface area contributed by atoms with Crippen molar-refractivity contribution in [1.29, 1.82) is 0 Å². The molecule has 0 bridgehead atoms. The van der Waals surface area contributed by atoms with Crippen LogP contribution in [-0.2, 0) is 0 Å². The van der Waals surface area contributed by atoms with Crippen molar-refractivity contribution in [3.05, 3.63) is 136 Å². The second-order valence-electron chi connectivity index (χ2n) is 11.3. The Hall–Kier alpha value is -5.24. The number of nitrogens with zero attached hydrogens (tertiary/aromatic N) is 5. The highest BCUT2D eigenvalue weighted by atomic mass is 16.2. The smallest absolute Gasteiger partial charge is 0.347 e. The zero-order chi connectivity index (χ0) is 29.9. The molecule has 1 aromatic heterocycles. The third-order valence-electron chi connectivity index (χ3n) is 8.73. The molecule has 1 N–H and O–H groups in total. The minimum Gasteiger partial charge on any atom is -0.368 e. The van der Waals surface area contributed by atoms with Crippen molar-refractivity contribution in [2.24, 2.45) is 0 Å². The van der Waals surface area contributed by atoms with Crippen LogP contribution in [0.15, 0.2) is 125 Å². The molecule has 4 aromatic carbocycles. The molecule has 0 atom stereocenters. The van der Waals surface area contributed by atoms with Crippen LogP contribution in [0.4, 0.5) is 17.1 Å². The molecule has 0 spiro atoms. The van der Waals surface area contributed by atoms with Crippen molar-refractivity contribution in [2.45, 2.75) is 0 Å². The first-order chi connectivity index (χ1) is 21.6. The summed E-state index contributed by atoms with van der Waals surface area (Å²) in [6.45, 7) is 5.56. The van der Waals surface area contributed by atoms with Crippen LogP contribution in [0.25, 0.3) is 22.3 Å². The molecule has 2 saturated heterocycles. The van der Waals surface area contributed by atoms with Gasteiger partial charge in [0.15, 0.2) is 0 Å². The Balaban J connectivity index is 1.02. The molecule has 0 unspecified atom stereocenters. The van der Waals surface area contributed by atoms with Gasteiger partial charge in [-0.25, -0.2) is 4.79 Å². The maximum Gasteiger partial charge on any atom is 0.347 e. The molecule has 0 aliphatic carbocycles. The van der Waals surface area contributed by atoms with Crippen LogP contribution in [-0.4, -0.2) is 62.0 Å². The van der Waals surface area contributed by atoms with Crippen LogP contribution < -0.4 is 31.0 Å². The molecule has 0 amide bonds. The molecule has 5 aromatic rings. The first-order valence-electron chi connectivity index (χ1n) is 15.3. The summed E-state index contributed by atoms with van der Waals surface area (Å²) < 4.78 is 1.31. The molecular formula is C36H36N6O2. The van der Waals surface area contributed by atoms with E-state index in [1.54, 1.807) is 6.20 Å². The maximum absolute atomic E-state index is 13.7. The van der Waals surface area contributed by atoms with Gasteiger partial charge in [0.2, 0.25) is 0 Å². The zero-order valence-electron chi connectivity index (χ0n) is 24.7. The fraction of sp³-hybridized carbons (Fsp3) is 0.222. The number of piperazine rings is 2. The fourth-order valence-electron chi connectivity index (χ4n) is 6.32. The number of benzene rings is 4. The largest absolute Gasteiger partial charge is 0.368 e. The molecule has 2 aliphatic rings. The van der Waals surface area contributed by atoms with Crippen molar-refractivity contribution in [1.82, 2.24) is 9.66 Å². The molecule has 2 fully saturated rings. The topological polar surface area (TPSA) is 67.8 Å². The Bertz CT molecular complexity index is 1840. The number of aromatic amines is 1. The van der Waals surface area contributed by atoms with E-state index in [0.29, 0.717) is 31.9 Å². The lowest BCUT2D eigenvalue weighted by atomic mass is 10.0. The summed E-state index contributed by atoms with van der Waals surface area (Å²) in [7, 11) is 0. The lowest BCUT2D eigenvalue weighted by molar-refractivity contribution is 0.497. The highest BCUT2D eigenvalue weighted by Crippen LogP contribution is 2.27. The van der Waals surface area contributed by atoms with Gasteiger partial charge in [-0.15, -0.1) is 0 Å². The number of rotatable bonds is 6. The standard InChI is InChI=1S/C36H36N6O2/c43-35-34(40-19-17-38(18-20-40)32-15-7-13-30(25-32)28-9-3-1-4-10-28)27-37-36(44)42(35)41-23-21-39(22-24-41)33-16-8-14-31(26-33)29-11-5-2-6-12-29/h1-16,25-27H,17-24H2,(H,37,44). The van der Waals surface area contributed by atoms with Crippen molar-refractivity contribution in [2.75, 3.05) is 72.1 Å². The van der Waals surface area contributed by atoms with Gasteiger partial charge < -0.3 is 24.7 Å². The molecule has 8 nitrogen and oxygen atoms in total. The molecule has 7 rings (SSSR count). The van der Waals surface area contributed by atoms with E-state index in [-0.39, 0.29) is 5.56 Å². The van der Waals surface area contributed by atoms with E-state index in [4.69, 9.17) is 0 Å². The second-order valence-corrected chi connectivity index (χ2v) is 11.3. The monoisotopic (exact) mass is 584 g/mol. The van der Waals surface area contributed by atoms with E-state index >= 15 is 0 Å². The van der Waals surface area contributed by atoms with E-state index in [9.17, 15) is 9.59 Å². The van der Waals surface area contributed by atoms with Gasteiger partial charge in [0.05, 0.1) is 13.1 Å². The average molecular weight is 585 g/mol. The summed E-state index contributed by atoms with van der Waals surface area (Å²) in [6.07, 6.45) is 1.58. The number of hydrogen-bond donors (Lipinski definition) is 1. The number of nitrogens with one attached hydrogen (secondary N) is 1. The predicted octanol–water partition coefficient (Wildman–Crippen LogP) is 4.66. The summed E-state index contributed by atoms with van der Waals surface area (Å²) in [5.41, 5.74) is 6.97. The number of H-pyrrole nitrogens is 1. The third kappa shape index (κ3) is 5.58. The summed E-state index contributed by atoms with van der Waals surface area (Å²) >= 11 is 0. The van der Waals surface area contributed by atoms with Gasteiger partial charge in [-0.1, -0.05) is 84.9 Å². The second kappa shape index (κ2) is 12.2. The summed E-state index contributed by atoms with van der Waals surface area (Å²) in [6, 6.07) is 37.9. The van der Waals surface area contributed by atoms with Crippen molar-refractivity contribution in [3.8, 4) is 22.3 Å². The zero-order valence-corrected chi connectivity index (χ0v) is 24.7. The SMILES string of the molecule is O=c1[nH]cc(N2CCN(c3cccc(-c4ccccc4)c3)CC2)c(=O)n1N1CCN(c2cccc(-c3ccccc3)c2)CC1. The molecular weight excluding hydrogens is 548 g/mol. The number of hydrogen-bond acceptors (Lipinski definition) is 6. The minimum atomic E-state index is -0.394. The fourth-order valence-corrected chi connectivity index (χ4v) is 6.32. The molecule has 8 heteroatoms. The Kier molecular flexibility index (Phi) is 7.63. The molecule has 0 radical (unpaired) electrons. The van der Waals surface area contributed by atoms with E-state index in [1.165, 1.54) is 32.6 Å². The predicted molar refractivity (Wildman–Crippen MR) is 180 cm³/mol. The van der Waals surface area contributed by atoms with Crippen LogP contribution >= 0.6 is 0 Å². The van der Waals surface area contributed by atoms with Crippen LogP contribution in [0.2, 0.25) is 0 Å². The van der Waals surface area contributed by atoms with Gasteiger partial charge in [-0.2, -0.15) is 4.68 Å².